The van der Waals surface area contributed by atoms with Crippen molar-refractivity contribution in [2.45, 2.75) is 101 Å². The van der Waals surface area contributed by atoms with E-state index in [1.807, 2.05) is 18.3 Å². The van der Waals surface area contributed by atoms with Crippen LogP contribution in [-0.2, 0) is 38.4 Å². The second kappa shape index (κ2) is 18.3. The monoisotopic (exact) mass is 1040 g/mol. The van der Waals surface area contributed by atoms with Crippen molar-refractivity contribution in [3.63, 3.8) is 0 Å². The minimum atomic E-state index is -0.0101. The minimum Gasteiger partial charge on any atom is -0.498 e. The fourth-order valence-electron chi connectivity index (χ4n) is 8.35. The second-order valence-electron chi connectivity index (χ2n) is 20.6. The van der Waals surface area contributed by atoms with Crippen LogP contribution < -0.4 is 0 Å². The number of nitrogens with zero attached hydrogens (tertiary/aromatic N) is 3. The molecule has 0 unspecified atom stereocenters. The molecule has 0 atom stereocenters. The van der Waals surface area contributed by atoms with Crippen LogP contribution in [-0.4, -0.2) is 15.0 Å². The van der Waals surface area contributed by atoms with Crippen LogP contribution in [0.15, 0.2) is 120 Å². The number of fused-ring (bicyclic) bond motifs is 5. The molecule has 0 fully saturated rings. The number of hydrogen-bond donors (Lipinski definition) is 0. The Kier molecular flexibility index (Phi) is 13.4. The maximum Gasteiger partial charge on any atom is 0.148 e. The molecule has 64 heavy (non-hydrogen) atoms. The van der Waals surface area contributed by atoms with Gasteiger partial charge >= 0.3 is 0 Å². The molecule has 5 aromatic carbocycles. The van der Waals surface area contributed by atoms with E-state index in [4.69, 9.17) is 14.4 Å². The zero-order valence-corrected chi connectivity index (χ0v) is 42.6. The molecule has 0 aliphatic heterocycles. The summed E-state index contributed by atoms with van der Waals surface area (Å²) in [6.45, 7) is 26.7. The number of aromatic nitrogens is 3. The summed E-state index contributed by atoms with van der Waals surface area (Å²) in [5.41, 5.74) is 18.1. The summed E-state index contributed by atoms with van der Waals surface area (Å²) in [6, 6.07) is 43.2. The third-order valence-electron chi connectivity index (χ3n) is 11.3. The van der Waals surface area contributed by atoms with Crippen molar-refractivity contribution in [3.05, 3.63) is 160 Å². The van der Waals surface area contributed by atoms with Crippen LogP contribution in [0.3, 0.4) is 0 Å². The van der Waals surface area contributed by atoms with E-state index in [2.05, 4.69) is 197 Å². The zero-order chi connectivity index (χ0) is 44.8. The fourth-order valence-corrected chi connectivity index (χ4v) is 9.37. The Hall–Kier alpha value is -5.26. The largest absolute Gasteiger partial charge is 0.498 e. The molecule has 9 rings (SSSR count). The molecule has 9 aromatic rings. The van der Waals surface area contributed by atoms with Gasteiger partial charge in [0.1, 0.15) is 11.1 Å². The third kappa shape index (κ3) is 10.3. The predicted molar refractivity (Wildman–Crippen MR) is 268 cm³/mol. The van der Waals surface area contributed by atoms with Gasteiger partial charge in [0.2, 0.25) is 0 Å². The average molecular weight is 1040 g/mol. The van der Waals surface area contributed by atoms with Gasteiger partial charge < -0.3 is 14.4 Å². The Bertz CT molecular complexity index is 3060. The van der Waals surface area contributed by atoms with E-state index in [9.17, 15) is 0 Å². The average Bonchev–Trinajstić information content (AvgIpc) is 3.84. The Morgan fingerprint density at radius 3 is 2.02 bits per heavy atom. The SMILES string of the molecule is Cc1c[c-]c(-c2cc(-c3ccc(CC(C)(C)C)cc3)ccn2)cc1.Cc1cccc(C)c1-c1cc(-c2[c-]ccc3c2oc2c3ccc3sc(C(C)(C)C)nc32)ncc1CC(C)(C)C.[Ir]. The van der Waals surface area contributed by atoms with Crippen molar-refractivity contribution >= 4 is 43.5 Å². The Morgan fingerprint density at radius 2 is 1.36 bits per heavy atom. The van der Waals surface area contributed by atoms with Crippen LogP contribution in [0, 0.1) is 43.7 Å². The number of furan rings is 1. The standard InChI is InChI=1S/C35H35N2OS.C23H24N.Ir/c1-20-11-9-12-21(2)29(20)26-17-27(36-19-22(26)18-34(3,4)5)25-14-10-13-23-24-15-16-28-30(32(24)38-31(23)25)37-33(39-28)35(6,7)8;1-17-5-9-20(10-6-17)22-15-21(13-14-24-22)19-11-7-18(8-12-19)16-23(2,3)4;/h9-13,15-17,19H,18H2,1-8H3;5-9,11-15H,16H2,1-4H3;/q2*-1;. The van der Waals surface area contributed by atoms with Gasteiger partial charge in [0.05, 0.1) is 15.3 Å². The molecule has 0 amide bonds. The van der Waals surface area contributed by atoms with E-state index in [1.165, 1.54) is 50.1 Å². The first-order chi connectivity index (χ1) is 29.8. The van der Waals surface area contributed by atoms with Crippen molar-refractivity contribution in [2.75, 3.05) is 0 Å². The molecule has 1 radical (unpaired) electrons. The van der Waals surface area contributed by atoms with Gasteiger partial charge in [-0.25, -0.2) is 4.98 Å². The van der Waals surface area contributed by atoms with E-state index >= 15 is 0 Å². The molecule has 4 aromatic heterocycles. The summed E-state index contributed by atoms with van der Waals surface area (Å²) in [7, 11) is 0. The second-order valence-corrected chi connectivity index (χ2v) is 21.7. The molecule has 0 aliphatic carbocycles. The molecule has 0 spiro atoms. The van der Waals surface area contributed by atoms with Gasteiger partial charge in [-0.05, 0) is 106 Å². The van der Waals surface area contributed by atoms with Crippen LogP contribution in [0.25, 0.3) is 76.9 Å². The number of thiazole rings is 1. The van der Waals surface area contributed by atoms with Crippen LogP contribution in [0.4, 0.5) is 0 Å². The van der Waals surface area contributed by atoms with Crippen molar-refractivity contribution in [1.29, 1.82) is 0 Å². The number of benzene rings is 5. The van der Waals surface area contributed by atoms with Crippen molar-refractivity contribution in [2.24, 2.45) is 10.8 Å². The molecule has 0 saturated heterocycles. The van der Waals surface area contributed by atoms with Crippen LogP contribution in [0.5, 0.6) is 0 Å². The first kappa shape index (κ1) is 46.7. The van der Waals surface area contributed by atoms with E-state index in [1.54, 1.807) is 11.3 Å². The van der Waals surface area contributed by atoms with Gasteiger partial charge in [0, 0.05) is 43.3 Å². The molecule has 0 N–H and O–H groups in total. The van der Waals surface area contributed by atoms with Gasteiger partial charge in [-0.15, -0.1) is 64.9 Å². The van der Waals surface area contributed by atoms with Gasteiger partial charge in [-0.3, -0.25) is 0 Å². The summed E-state index contributed by atoms with van der Waals surface area (Å²) in [4.78, 5) is 14.5. The summed E-state index contributed by atoms with van der Waals surface area (Å²) in [6.07, 6.45) is 5.97. The molecule has 329 valence electrons. The molecular weight excluding hydrogens is 979 g/mol. The van der Waals surface area contributed by atoms with Gasteiger partial charge in [-0.1, -0.05) is 141 Å². The molecule has 6 heteroatoms. The molecule has 4 nitrogen and oxygen atoms in total. The van der Waals surface area contributed by atoms with E-state index in [0.717, 1.165) is 72.5 Å². The molecule has 0 saturated carbocycles. The van der Waals surface area contributed by atoms with Gasteiger partial charge in [0.15, 0.2) is 0 Å². The topological polar surface area (TPSA) is 51.8 Å². The molecule has 0 bridgehead atoms. The molecular formula is C58H59IrN3OS-2. The van der Waals surface area contributed by atoms with Crippen molar-refractivity contribution < 1.29 is 24.5 Å². The van der Waals surface area contributed by atoms with E-state index in [0.29, 0.717) is 5.41 Å². The van der Waals surface area contributed by atoms with E-state index < -0.39 is 0 Å². The first-order valence-electron chi connectivity index (χ1n) is 22.1. The van der Waals surface area contributed by atoms with Gasteiger partial charge in [-0.2, -0.15) is 0 Å². The van der Waals surface area contributed by atoms with Crippen molar-refractivity contribution in [3.8, 4) is 44.8 Å². The predicted octanol–water partition coefficient (Wildman–Crippen LogP) is 16.3. The maximum atomic E-state index is 6.65. The quantitative estimate of drug-likeness (QED) is 0.156. The van der Waals surface area contributed by atoms with Crippen LogP contribution in [0.1, 0.15) is 95.1 Å². The zero-order valence-electron chi connectivity index (χ0n) is 39.4. The summed E-state index contributed by atoms with van der Waals surface area (Å²) < 4.78 is 7.81. The number of pyridine rings is 2. The summed E-state index contributed by atoms with van der Waals surface area (Å²) in [5.74, 6) is 0. The maximum absolute atomic E-state index is 6.65. The number of aryl methyl sites for hydroxylation is 3. The Morgan fingerprint density at radius 1 is 0.656 bits per heavy atom. The minimum absolute atomic E-state index is 0. The number of hydrogen-bond acceptors (Lipinski definition) is 5. The first-order valence-corrected chi connectivity index (χ1v) is 22.9. The fraction of sp³-hybridized carbons (Fsp3) is 0.293. The number of rotatable bonds is 6. The normalized spacial score (nSPS) is 12.1. The smallest absolute Gasteiger partial charge is 0.148 e. The summed E-state index contributed by atoms with van der Waals surface area (Å²) >= 11 is 1.75. The third-order valence-corrected chi connectivity index (χ3v) is 12.8. The van der Waals surface area contributed by atoms with Crippen LogP contribution >= 0.6 is 11.3 Å². The summed E-state index contributed by atoms with van der Waals surface area (Å²) in [5, 5.41) is 3.27. The Balaban J connectivity index is 0.000000211. The molecule has 4 heterocycles. The molecule has 0 aliphatic rings. The van der Waals surface area contributed by atoms with E-state index in [-0.39, 0.29) is 30.9 Å². The van der Waals surface area contributed by atoms with Crippen molar-refractivity contribution in [1.82, 2.24) is 15.0 Å². The van der Waals surface area contributed by atoms with Crippen LogP contribution in [0.2, 0.25) is 0 Å². The van der Waals surface area contributed by atoms with Gasteiger partial charge in [0.25, 0.3) is 0 Å². The Labute approximate surface area is 398 Å².